The first-order valence-corrected chi connectivity index (χ1v) is 5.20. The lowest BCUT2D eigenvalue weighted by atomic mass is 10.0. The van der Waals surface area contributed by atoms with E-state index in [0.29, 0.717) is 5.75 Å². The van der Waals surface area contributed by atoms with Gasteiger partial charge in [0.15, 0.2) is 0 Å². The molecule has 70 valence electrons. The maximum absolute atomic E-state index is 13.3. The van der Waals surface area contributed by atoms with Crippen LogP contribution in [0.2, 0.25) is 0 Å². The Labute approximate surface area is 80.3 Å². The molecule has 0 aliphatic carbocycles. The summed E-state index contributed by atoms with van der Waals surface area (Å²) in [7, 11) is 0. The predicted molar refractivity (Wildman–Crippen MR) is 50.4 cm³/mol. The molecule has 0 amide bonds. The highest BCUT2D eigenvalue weighted by Gasteiger charge is 2.36. The fourth-order valence-corrected chi connectivity index (χ4v) is 2.70. The molecule has 0 nitrogen and oxygen atoms in total. The number of halogens is 2. The number of benzene rings is 1. The SMILES string of the molecule is Cc1ccc2c(c1)SCCC2(F)F. The molecule has 0 saturated heterocycles. The molecular weight excluding hydrogens is 190 g/mol. The number of hydrogen-bond acceptors (Lipinski definition) is 1. The minimum Gasteiger partial charge on any atom is -0.201 e. The molecule has 2 rings (SSSR count). The first kappa shape index (κ1) is 9.00. The summed E-state index contributed by atoms with van der Waals surface area (Å²) in [6.07, 6.45) is -0.0340. The summed E-state index contributed by atoms with van der Waals surface area (Å²) in [5, 5.41) is 0. The number of thioether (sulfide) groups is 1. The molecule has 0 fully saturated rings. The Morgan fingerprint density at radius 1 is 1.38 bits per heavy atom. The molecule has 0 bridgehead atoms. The van der Waals surface area contributed by atoms with E-state index in [1.165, 1.54) is 11.8 Å². The van der Waals surface area contributed by atoms with Crippen LogP contribution in [0.15, 0.2) is 23.1 Å². The van der Waals surface area contributed by atoms with Gasteiger partial charge in [-0.3, -0.25) is 0 Å². The van der Waals surface area contributed by atoms with E-state index >= 15 is 0 Å². The highest BCUT2D eigenvalue weighted by atomic mass is 32.2. The molecule has 1 heterocycles. The number of hydrogen-bond donors (Lipinski definition) is 0. The van der Waals surface area contributed by atoms with Gasteiger partial charge >= 0.3 is 0 Å². The van der Waals surface area contributed by atoms with Crippen LogP contribution in [0.1, 0.15) is 17.5 Å². The van der Waals surface area contributed by atoms with Crippen LogP contribution in [0.4, 0.5) is 8.78 Å². The Bertz CT molecular complexity index is 334. The van der Waals surface area contributed by atoms with Crippen LogP contribution in [0.25, 0.3) is 0 Å². The highest BCUT2D eigenvalue weighted by Crippen LogP contribution is 2.43. The molecule has 13 heavy (non-hydrogen) atoms. The van der Waals surface area contributed by atoms with Crippen molar-refractivity contribution in [3.8, 4) is 0 Å². The van der Waals surface area contributed by atoms with Crippen LogP contribution < -0.4 is 0 Å². The van der Waals surface area contributed by atoms with Gasteiger partial charge in [0.2, 0.25) is 0 Å². The lowest BCUT2D eigenvalue weighted by Crippen LogP contribution is -2.19. The maximum atomic E-state index is 13.3. The van der Waals surface area contributed by atoms with E-state index in [0.717, 1.165) is 10.5 Å². The summed E-state index contributed by atoms with van der Waals surface area (Å²) in [6, 6.07) is 5.14. The zero-order valence-corrected chi connectivity index (χ0v) is 8.13. The quantitative estimate of drug-likeness (QED) is 0.616. The minimum absolute atomic E-state index is 0.0340. The van der Waals surface area contributed by atoms with Crippen LogP contribution in [0.5, 0.6) is 0 Å². The molecule has 3 heteroatoms. The molecule has 0 aromatic heterocycles. The van der Waals surface area contributed by atoms with E-state index < -0.39 is 5.92 Å². The van der Waals surface area contributed by atoms with Gasteiger partial charge < -0.3 is 0 Å². The zero-order valence-electron chi connectivity index (χ0n) is 7.31. The minimum atomic E-state index is -2.62. The average molecular weight is 200 g/mol. The molecule has 1 aliphatic rings. The molecule has 0 N–H and O–H groups in total. The Morgan fingerprint density at radius 3 is 2.92 bits per heavy atom. The molecule has 1 aliphatic heterocycles. The van der Waals surface area contributed by atoms with Crippen molar-refractivity contribution >= 4 is 11.8 Å². The lowest BCUT2D eigenvalue weighted by Gasteiger charge is -2.24. The van der Waals surface area contributed by atoms with E-state index in [1.807, 2.05) is 13.0 Å². The van der Waals surface area contributed by atoms with Gasteiger partial charge in [0.25, 0.3) is 5.92 Å². The fraction of sp³-hybridized carbons (Fsp3) is 0.400. The normalized spacial score (nSPS) is 19.6. The third kappa shape index (κ3) is 1.57. The second-order valence-electron chi connectivity index (χ2n) is 3.30. The number of aryl methyl sites for hydroxylation is 1. The van der Waals surface area contributed by atoms with Crippen molar-refractivity contribution in [2.45, 2.75) is 24.2 Å². The Morgan fingerprint density at radius 2 is 2.15 bits per heavy atom. The fourth-order valence-electron chi connectivity index (χ4n) is 1.47. The average Bonchev–Trinajstić information content (AvgIpc) is 2.02. The second-order valence-corrected chi connectivity index (χ2v) is 4.44. The number of alkyl halides is 2. The van der Waals surface area contributed by atoms with Gasteiger partial charge in [-0.25, -0.2) is 8.78 Å². The van der Waals surface area contributed by atoms with E-state index in [4.69, 9.17) is 0 Å². The van der Waals surface area contributed by atoms with Crippen LogP contribution in [-0.4, -0.2) is 5.75 Å². The topological polar surface area (TPSA) is 0 Å². The van der Waals surface area contributed by atoms with Gasteiger partial charge in [0.1, 0.15) is 0 Å². The Kier molecular flexibility index (Phi) is 2.06. The summed E-state index contributed by atoms with van der Waals surface area (Å²) in [5.74, 6) is -2.10. The summed E-state index contributed by atoms with van der Waals surface area (Å²) >= 11 is 1.53. The van der Waals surface area contributed by atoms with Gasteiger partial charge in [0, 0.05) is 22.6 Å². The van der Waals surface area contributed by atoms with Gasteiger partial charge in [-0.2, -0.15) is 0 Å². The smallest absolute Gasteiger partial charge is 0.201 e. The Balaban J connectivity index is 2.53. The first-order valence-electron chi connectivity index (χ1n) is 4.21. The van der Waals surface area contributed by atoms with Crippen molar-refractivity contribution in [3.05, 3.63) is 29.3 Å². The van der Waals surface area contributed by atoms with Crippen molar-refractivity contribution in [2.24, 2.45) is 0 Å². The van der Waals surface area contributed by atoms with E-state index in [9.17, 15) is 8.78 Å². The van der Waals surface area contributed by atoms with Crippen molar-refractivity contribution in [1.29, 1.82) is 0 Å². The third-order valence-corrected chi connectivity index (χ3v) is 3.26. The standard InChI is InChI=1S/C10H10F2S/c1-7-2-3-8-9(6-7)13-5-4-10(8,11)12/h2-3,6H,4-5H2,1H3. The van der Waals surface area contributed by atoms with Gasteiger partial charge in [0.05, 0.1) is 0 Å². The summed E-state index contributed by atoms with van der Waals surface area (Å²) in [5.41, 5.74) is 1.25. The number of rotatable bonds is 0. The van der Waals surface area contributed by atoms with Gasteiger partial charge in [-0.1, -0.05) is 12.1 Å². The van der Waals surface area contributed by atoms with Crippen LogP contribution in [0, 0.1) is 6.92 Å². The maximum Gasteiger partial charge on any atom is 0.275 e. The molecule has 0 spiro atoms. The Hall–Kier alpha value is -0.570. The van der Waals surface area contributed by atoms with E-state index in [2.05, 4.69) is 0 Å². The summed E-state index contributed by atoms with van der Waals surface area (Å²) in [6.45, 7) is 1.92. The van der Waals surface area contributed by atoms with Gasteiger partial charge in [-0.15, -0.1) is 11.8 Å². The third-order valence-electron chi connectivity index (χ3n) is 2.20. The zero-order chi connectivity index (χ0) is 9.47. The highest BCUT2D eigenvalue weighted by molar-refractivity contribution is 7.99. The van der Waals surface area contributed by atoms with Crippen molar-refractivity contribution in [3.63, 3.8) is 0 Å². The van der Waals surface area contributed by atoms with Gasteiger partial charge in [-0.05, 0) is 18.6 Å². The molecular formula is C10H10F2S. The summed E-state index contributed by atoms with van der Waals surface area (Å²) in [4.78, 5) is 0.747. The van der Waals surface area contributed by atoms with Crippen LogP contribution in [0.3, 0.4) is 0 Å². The van der Waals surface area contributed by atoms with Crippen molar-refractivity contribution in [1.82, 2.24) is 0 Å². The predicted octanol–water partition coefficient (Wildman–Crippen LogP) is 3.58. The van der Waals surface area contributed by atoms with E-state index in [-0.39, 0.29) is 12.0 Å². The molecule has 0 unspecified atom stereocenters. The largest absolute Gasteiger partial charge is 0.275 e. The van der Waals surface area contributed by atoms with Crippen LogP contribution >= 0.6 is 11.8 Å². The van der Waals surface area contributed by atoms with Crippen molar-refractivity contribution < 1.29 is 8.78 Å². The molecule has 0 radical (unpaired) electrons. The monoisotopic (exact) mass is 200 g/mol. The summed E-state index contributed by atoms with van der Waals surface area (Å²) < 4.78 is 26.6. The van der Waals surface area contributed by atoms with Crippen LogP contribution in [-0.2, 0) is 5.92 Å². The van der Waals surface area contributed by atoms with E-state index in [1.54, 1.807) is 12.1 Å². The number of fused-ring (bicyclic) bond motifs is 1. The lowest BCUT2D eigenvalue weighted by molar-refractivity contribution is -0.0115. The van der Waals surface area contributed by atoms with Crippen molar-refractivity contribution in [2.75, 3.05) is 5.75 Å². The molecule has 1 aromatic carbocycles. The molecule has 0 saturated carbocycles. The molecule has 0 atom stereocenters. The first-order chi connectivity index (χ1) is 6.09. The second kappa shape index (κ2) is 2.98. The molecule has 1 aromatic rings.